The van der Waals surface area contributed by atoms with Crippen LogP contribution in [0.3, 0.4) is 0 Å². The summed E-state index contributed by atoms with van der Waals surface area (Å²) in [6, 6.07) is 10.9. The van der Waals surface area contributed by atoms with Crippen molar-refractivity contribution in [3.63, 3.8) is 0 Å². The average Bonchev–Trinajstić information content (AvgIpc) is 3.47. The van der Waals surface area contributed by atoms with Crippen LogP contribution in [0.4, 0.5) is 5.95 Å². The number of anilines is 1. The monoisotopic (exact) mass is 423 g/mol. The fourth-order valence-corrected chi connectivity index (χ4v) is 4.05. The van der Waals surface area contributed by atoms with Crippen molar-refractivity contribution in [2.75, 3.05) is 11.4 Å². The molecule has 1 saturated heterocycles. The van der Waals surface area contributed by atoms with Gasteiger partial charge in [-0.05, 0) is 25.0 Å². The van der Waals surface area contributed by atoms with Gasteiger partial charge in [0.1, 0.15) is 5.69 Å². The first-order valence-corrected chi connectivity index (χ1v) is 9.91. The van der Waals surface area contributed by atoms with Gasteiger partial charge in [-0.25, -0.2) is 5.10 Å². The van der Waals surface area contributed by atoms with E-state index in [0.29, 0.717) is 28.1 Å². The number of nitrogens with one attached hydrogen (secondary N) is 1. The number of aromatic amines is 1. The van der Waals surface area contributed by atoms with Crippen molar-refractivity contribution in [1.82, 2.24) is 30.1 Å². The summed E-state index contributed by atoms with van der Waals surface area (Å²) >= 11 is 6.10. The van der Waals surface area contributed by atoms with Crippen molar-refractivity contribution in [3.05, 3.63) is 63.7 Å². The maximum Gasteiger partial charge on any atom is 0.264 e. The SMILES string of the molecule is Cn1c(-c2cn[nH]c(=O)c2)nnc1N1CCCC1c1cc(-c2cccc(Cl)c2)on1. The molecule has 4 aromatic rings. The highest BCUT2D eigenvalue weighted by Crippen LogP contribution is 2.37. The molecule has 10 heteroatoms. The molecule has 152 valence electrons. The molecule has 0 radical (unpaired) electrons. The Labute approximate surface area is 176 Å². The molecular weight excluding hydrogens is 406 g/mol. The molecule has 1 aliphatic heterocycles. The zero-order valence-electron chi connectivity index (χ0n) is 16.1. The van der Waals surface area contributed by atoms with Crippen LogP contribution in [-0.4, -0.2) is 36.7 Å². The van der Waals surface area contributed by atoms with Crippen molar-refractivity contribution in [3.8, 4) is 22.7 Å². The molecule has 0 aliphatic carbocycles. The van der Waals surface area contributed by atoms with Crippen LogP contribution in [-0.2, 0) is 7.05 Å². The Morgan fingerprint density at radius 1 is 1.20 bits per heavy atom. The number of H-pyrrole nitrogens is 1. The molecular formula is C20H18ClN7O2. The van der Waals surface area contributed by atoms with E-state index in [9.17, 15) is 4.79 Å². The number of hydrogen-bond donors (Lipinski definition) is 1. The van der Waals surface area contributed by atoms with Gasteiger partial charge in [-0.1, -0.05) is 28.9 Å². The van der Waals surface area contributed by atoms with E-state index in [-0.39, 0.29) is 11.6 Å². The number of halogens is 1. The Hall–Kier alpha value is -3.46. The lowest BCUT2D eigenvalue weighted by Gasteiger charge is -2.23. The molecule has 1 unspecified atom stereocenters. The van der Waals surface area contributed by atoms with Crippen LogP contribution >= 0.6 is 11.6 Å². The highest BCUT2D eigenvalue weighted by molar-refractivity contribution is 6.30. The first-order chi connectivity index (χ1) is 14.6. The Balaban J connectivity index is 1.46. The van der Waals surface area contributed by atoms with Crippen molar-refractivity contribution in [2.45, 2.75) is 18.9 Å². The zero-order chi connectivity index (χ0) is 20.7. The second kappa shape index (κ2) is 7.42. The number of rotatable bonds is 4. The molecule has 1 atom stereocenters. The van der Waals surface area contributed by atoms with Gasteiger partial charge in [0, 0.05) is 41.9 Å². The van der Waals surface area contributed by atoms with Crippen LogP contribution in [0, 0.1) is 0 Å². The second-order valence-corrected chi connectivity index (χ2v) is 7.63. The van der Waals surface area contributed by atoms with Crippen LogP contribution in [0.1, 0.15) is 24.6 Å². The Morgan fingerprint density at radius 2 is 2.10 bits per heavy atom. The smallest absolute Gasteiger partial charge is 0.264 e. The third kappa shape index (κ3) is 3.26. The van der Waals surface area contributed by atoms with Gasteiger partial charge in [-0.2, -0.15) is 5.10 Å². The number of benzene rings is 1. The first-order valence-electron chi connectivity index (χ1n) is 9.54. The maximum absolute atomic E-state index is 11.6. The second-order valence-electron chi connectivity index (χ2n) is 7.19. The van der Waals surface area contributed by atoms with Crippen molar-refractivity contribution in [1.29, 1.82) is 0 Å². The molecule has 3 aromatic heterocycles. The van der Waals surface area contributed by atoms with E-state index in [4.69, 9.17) is 16.1 Å². The number of hydrogen-bond acceptors (Lipinski definition) is 7. The van der Waals surface area contributed by atoms with Crippen molar-refractivity contribution >= 4 is 17.5 Å². The summed E-state index contributed by atoms with van der Waals surface area (Å²) in [5, 5.41) is 19.8. The van der Waals surface area contributed by atoms with Crippen molar-refractivity contribution in [2.24, 2.45) is 7.05 Å². The van der Waals surface area contributed by atoms with Crippen LogP contribution in [0.2, 0.25) is 5.02 Å². The molecule has 1 aliphatic rings. The number of nitrogens with zero attached hydrogens (tertiary/aromatic N) is 6. The number of aromatic nitrogens is 6. The lowest BCUT2D eigenvalue weighted by molar-refractivity contribution is 0.416. The van der Waals surface area contributed by atoms with Gasteiger partial charge in [-0.3, -0.25) is 9.36 Å². The van der Waals surface area contributed by atoms with Gasteiger partial charge in [0.25, 0.3) is 5.56 Å². The average molecular weight is 424 g/mol. The summed E-state index contributed by atoms with van der Waals surface area (Å²) in [5.74, 6) is 1.96. The van der Waals surface area contributed by atoms with Gasteiger partial charge in [0.15, 0.2) is 11.6 Å². The minimum absolute atomic E-state index is 0.0229. The third-order valence-electron chi connectivity index (χ3n) is 5.26. The molecule has 4 heterocycles. The largest absolute Gasteiger partial charge is 0.356 e. The van der Waals surface area contributed by atoms with Crippen LogP contribution < -0.4 is 10.5 Å². The van der Waals surface area contributed by atoms with Gasteiger partial charge in [0.05, 0.1) is 12.2 Å². The fraction of sp³-hybridized carbons (Fsp3) is 0.250. The lowest BCUT2D eigenvalue weighted by Crippen LogP contribution is -2.25. The van der Waals surface area contributed by atoms with E-state index in [1.54, 1.807) is 6.20 Å². The minimum Gasteiger partial charge on any atom is -0.356 e. The van der Waals surface area contributed by atoms with E-state index in [2.05, 4.69) is 30.5 Å². The topological polar surface area (TPSA) is 106 Å². The summed E-state index contributed by atoms with van der Waals surface area (Å²) in [6.45, 7) is 0.823. The Morgan fingerprint density at radius 3 is 2.93 bits per heavy atom. The summed E-state index contributed by atoms with van der Waals surface area (Å²) in [5.41, 5.74) is 2.05. The third-order valence-corrected chi connectivity index (χ3v) is 5.50. The summed E-state index contributed by atoms with van der Waals surface area (Å²) < 4.78 is 7.46. The van der Waals surface area contributed by atoms with Gasteiger partial charge >= 0.3 is 0 Å². The van der Waals surface area contributed by atoms with E-state index in [1.807, 2.05) is 41.9 Å². The minimum atomic E-state index is -0.285. The highest BCUT2D eigenvalue weighted by atomic mass is 35.5. The molecule has 0 saturated carbocycles. The Bertz CT molecular complexity index is 1260. The summed E-state index contributed by atoms with van der Waals surface area (Å²) in [6.07, 6.45) is 3.49. The lowest BCUT2D eigenvalue weighted by atomic mass is 10.1. The first kappa shape index (κ1) is 18.6. The Kier molecular flexibility index (Phi) is 4.59. The predicted octanol–water partition coefficient (Wildman–Crippen LogP) is 3.22. The van der Waals surface area contributed by atoms with Gasteiger partial charge in [0.2, 0.25) is 5.95 Å². The predicted molar refractivity (Wildman–Crippen MR) is 111 cm³/mol. The van der Waals surface area contributed by atoms with Gasteiger partial charge < -0.3 is 9.42 Å². The molecule has 0 amide bonds. The van der Waals surface area contributed by atoms with Crippen LogP contribution in [0.25, 0.3) is 22.7 Å². The molecule has 5 rings (SSSR count). The van der Waals surface area contributed by atoms with Crippen LogP contribution in [0.5, 0.6) is 0 Å². The molecule has 1 fully saturated rings. The summed E-state index contributed by atoms with van der Waals surface area (Å²) in [7, 11) is 1.88. The van der Waals surface area contributed by atoms with E-state index in [1.165, 1.54) is 6.07 Å². The van der Waals surface area contributed by atoms with Crippen molar-refractivity contribution < 1.29 is 4.52 Å². The molecule has 1 aromatic carbocycles. The summed E-state index contributed by atoms with van der Waals surface area (Å²) in [4.78, 5) is 13.8. The maximum atomic E-state index is 11.6. The molecule has 0 spiro atoms. The normalized spacial score (nSPS) is 16.3. The molecule has 0 bridgehead atoms. The molecule has 9 nitrogen and oxygen atoms in total. The van der Waals surface area contributed by atoms with E-state index < -0.39 is 0 Å². The standard InChI is InChI=1S/C20H18ClN7O2/c1-27-19(13-9-18(29)23-22-11-13)24-25-20(27)28-7-3-6-16(28)15-10-17(30-26-15)12-4-2-5-14(21)8-12/h2,4-5,8-11,16H,3,6-7H2,1H3,(H,23,29). The molecule has 1 N–H and O–H groups in total. The quantitative estimate of drug-likeness (QED) is 0.537. The van der Waals surface area contributed by atoms with E-state index >= 15 is 0 Å². The van der Waals surface area contributed by atoms with Crippen LogP contribution in [0.15, 0.2) is 51.9 Å². The highest BCUT2D eigenvalue weighted by Gasteiger charge is 2.32. The molecule has 30 heavy (non-hydrogen) atoms. The fourth-order valence-electron chi connectivity index (χ4n) is 3.86. The van der Waals surface area contributed by atoms with E-state index in [0.717, 1.165) is 30.6 Å². The van der Waals surface area contributed by atoms with Gasteiger partial charge in [-0.15, -0.1) is 10.2 Å². The zero-order valence-corrected chi connectivity index (χ0v) is 16.9.